The van der Waals surface area contributed by atoms with Gasteiger partial charge >= 0.3 is 6.18 Å². The molecule has 0 heterocycles. The van der Waals surface area contributed by atoms with Crippen molar-refractivity contribution < 1.29 is 18.0 Å². The van der Waals surface area contributed by atoms with Crippen LogP contribution in [-0.4, -0.2) is 5.78 Å². The van der Waals surface area contributed by atoms with Crippen LogP contribution >= 0.6 is 0 Å². The van der Waals surface area contributed by atoms with Gasteiger partial charge in [0.05, 0.1) is 11.6 Å². The van der Waals surface area contributed by atoms with Gasteiger partial charge in [-0.05, 0) is 24.0 Å². The predicted octanol–water partition coefficient (Wildman–Crippen LogP) is 4.32. The Balaban J connectivity index is 2.96. The van der Waals surface area contributed by atoms with E-state index < -0.39 is 17.7 Å². The molecule has 0 fully saturated rings. The smallest absolute Gasteiger partial charge is 0.298 e. The third kappa shape index (κ3) is 4.37. The average Bonchev–Trinajstić information content (AvgIpc) is 2.36. The van der Waals surface area contributed by atoms with Crippen LogP contribution in [0.2, 0.25) is 0 Å². The van der Waals surface area contributed by atoms with Crippen molar-refractivity contribution in [3.8, 4) is 6.07 Å². The zero-order valence-corrected chi connectivity index (χ0v) is 11.4. The summed E-state index contributed by atoms with van der Waals surface area (Å²) in [5, 5.41) is 9.06. The summed E-state index contributed by atoms with van der Waals surface area (Å²) in [4.78, 5) is 11.9. The molecule has 1 unspecified atom stereocenters. The number of halogens is 3. The van der Waals surface area contributed by atoms with Crippen molar-refractivity contribution in [2.24, 2.45) is 5.92 Å². The number of nitrogens with zero attached hydrogens (tertiary/aromatic N) is 1. The minimum atomic E-state index is -4.48. The number of ketones is 1. The number of rotatable bonds is 5. The molecule has 0 radical (unpaired) electrons. The zero-order valence-electron chi connectivity index (χ0n) is 11.4. The highest BCUT2D eigenvalue weighted by Crippen LogP contribution is 2.31. The Bertz CT molecular complexity index is 515. The Morgan fingerprint density at radius 3 is 2.50 bits per heavy atom. The summed E-state index contributed by atoms with van der Waals surface area (Å²) in [6, 6.07) is 6.21. The van der Waals surface area contributed by atoms with Crippen LogP contribution < -0.4 is 0 Å². The van der Waals surface area contributed by atoms with E-state index in [-0.39, 0.29) is 17.8 Å². The van der Waals surface area contributed by atoms with Gasteiger partial charge < -0.3 is 0 Å². The Hall–Kier alpha value is -1.83. The molecule has 0 saturated heterocycles. The summed E-state index contributed by atoms with van der Waals surface area (Å²) < 4.78 is 37.9. The maximum Gasteiger partial charge on any atom is 0.416 e. The van der Waals surface area contributed by atoms with Crippen LogP contribution in [0.5, 0.6) is 0 Å². The van der Waals surface area contributed by atoms with Crippen molar-refractivity contribution in [1.29, 1.82) is 5.26 Å². The van der Waals surface area contributed by atoms with E-state index in [9.17, 15) is 18.0 Å². The molecule has 1 atom stereocenters. The van der Waals surface area contributed by atoms with E-state index >= 15 is 0 Å². The van der Waals surface area contributed by atoms with Gasteiger partial charge in [-0.25, -0.2) is 0 Å². The van der Waals surface area contributed by atoms with Crippen molar-refractivity contribution in [2.75, 3.05) is 0 Å². The number of carbonyl (C=O) groups excluding carboxylic acids is 1. The van der Waals surface area contributed by atoms with Gasteiger partial charge in [-0.1, -0.05) is 32.0 Å². The summed E-state index contributed by atoms with van der Waals surface area (Å²) in [5.74, 6) is -1.16. The Morgan fingerprint density at radius 2 is 2.00 bits per heavy atom. The molecule has 5 heteroatoms. The lowest BCUT2D eigenvalue weighted by Crippen LogP contribution is -2.13. The SMILES string of the molecule is CC(C)CCC(=O)C(C#N)c1cccc(C(F)(F)F)c1. The van der Waals surface area contributed by atoms with Gasteiger partial charge in [0.2, 0.25) is 0 Å². The number of benzene rings is 1. The van der Waals surface area contributed by atoms with Crippen molar-refractivity contribution in [3.05, 3.63) is 35.4 Å². The Labute approximate surface area is 116 Å². The molecular weight excluding hydrogens is 267 g/mol. The van der Waals surface area contributed by atoms with Gasteiger partial charge in [0.25, 0.3) is 0 Å². The molecule has 0 saturated carbocycles. The predicted molar refractivity (Wildman–Crippen MR) is 68.9 cm³/mol. The molecule has 0 aliphatic rings. The van der Waals surface area contributed by atoms with Crippen LogP contribution in [-0.2, 0) is 11.0 Å². The molecule has 0 aliphatic carbocycles. The van der Waals surface area contributed by atoms with Crippen LogP contribution in [0.3, 0.4) is 0 Å². The molecule has 0 aliphatic heterocycles. The van der Waals surface area contributed by atoms with Gasteiger partial charge in [0, 0.05) is 6.42 Å². The van der Waals surface area contributed by atoms with Crippen LogP contribution in [0.25, 0.3) is 0 Å². The average molecular weight is 283 g/mol. The minimum Gasteiger partial charge on any atom is -0.298 e. The summed E-state index contributed by atoms with van der Waals surface area (Å²) in [7, 11) is 0. The van der Waals surface area contributed by atoms with Crippen LogP contribution in [0.4, 0.5) is 13.2 Å². The highest BCUT2D eigenvalue weighted by Gasteiger charge is 2.31. The van der Waals surface area contributed by atoms with Crippen molar-refractivity contribution in [1.82, 2.24) is 0 Å². The minimum absolute atomic E-state index is 0.107. The first-order chi connectivity index (χ1) is 9.25. The van der Waals surface area contributed by atoms with Gasteiger partial charge in [-0.3, -0.25) is 4.79 Å². The quantitative estimate of drug-likeness (QED) is 0.807. The van der Waals surface area contributed by atoms with Gasteiger partial charge in [0.1, 0.15) is 5.92 Å². The summed E-state index contributed by atoms with van der Waals surface area (Å²) in [6.45, 7) is 3.89. The molecule has 0 amide bonds. The van der Waals surface area contributed by atoms with E-state index in [1.807, 2.05) is 13.8 Å². The highest BCUT2D eigenvalue weighted by molar-refractivity contribution is 5.88. The van der Waals surface area contributed by atoms with Crippen molar-refractivity contribution >= 4 is 5.78 Å². The fourth-order valence-electron chi connectivity index (χ4n) is 1.80. The van der Waals surface area contributed by atoms with Crippen molar-refractivity contribution in [2.45, 2.75) is 38.8 Å². The summed E-state index contributed by atoms with van der Waals surface area (Å²) >= 11 is 0. The molecule has 0 spiro atoms. The van der Waals surface area contributed by atoms with E-state index in [4.69, 9.17) is 5.26 Å². The van der Waals surface area contributed by atoms with E-state index in [2.05, 4.69) is 0 Å². The van der Waals surface area contributed by atoms with Crippen LogP contribution in [0, 0.1) is 17.2 Å². The second kappa shape index (κ2) is 6.56. The zero-order chi connectivity index (χ0) is 15.3. The largest absolute Gasteiger partial charge is 0.416 e. The number of carbonyl (C=O) groups is 1. The molecule has 108 valence electrons. The first kappa shape index (κ1) is 16.2. The fraction of sp³-hybridized carbons (Fsp3) is 0.467. The van der Waals surface area contributed by atoms with Crippen molar-refractivity contribution in [3.63, 3.8) is 0 Å². The summed E-state index contributed by atoms with van der Waals surface area (Å²) in [6.07, 6.45) is -3.65. The number of hydrogen-bond donors (Lipinski definition) is 0. The van der Waals surface area contributed by atoms with Gasteiger partial charge in [-0.2, -0.15) is 18.4 Å². The number of alkyl halides is 3. The van der Waals surface area contributed by atoms with Crippen LogP contribution in [0.1, 0.15) is 43.7 Å². The van der Waals surface area contributed by atoms with E-state index in [1.54, 1.807) is 6.07 Å². The van der Waals surface area contributed by atoms with Gasteiger partial charge in [-0.15, -0.1) is 0 Å². The maximum atomic E-state index is 12.6. The molecular formula is C15H16F3NO. The number of hydrogen-bond acceptors (Lipinski definition) is 2. The highest BCUT2D eigenvalue weighted by atomic mass is 19.4. The standard InChI is InChI=1S/C15H16F3NO/c1-10(2)6-7-14(20)13(9-19)11-4-3-5-12(8-11)15(16,17)18/h3-5,8,10,13H,6-7H2,1-2H3. The molecule has 1 aromatic carbocycles. The fourth-order valence-corrected chi connectivity index (χ4v) is 1.80. The number of Topliss-reactive ketones (excluding diaryl/α,β-unsaturated/α-hetero) is 1. The monoisotopic (exact) mass is 283 g/mol. The van der Waals surface area contributed by atoms with E-state index in [0.29, 0.717) is 12.3 Å². The molecule has 0 bridgehead atoms. The molecule has 0 N–H and O–H groups in total. The second-order valence-electron chi connectivity index (χ2n) is 5.08. The third-order valence-corrected chi connectivity index (χ3v) is 2.97. The second-order valence-corrected chi connectivity index (χ2v) is 5.08. The lowest BCUT2D eigenvalue weighted by molar-refractivity contribution is -0.137. The molecule has 1 rings (SSSR count). The molecule has 2 nitrogen and oxygen atoms in total. The Morgan fingerprint density at radius 1 is 1.35 bits per heavy atom. The lowest BCUT2D eigenvalue weighted by atomic mass is 9.91. The molecule has 20 heavy (non-hydrogen) atoms. The first-order valence-electron chi connectivity index (χ1n) is 6.35. The Kier molecular flexibility index (Phi) is 5.32. The molecule has 1 aromatic rings. The lowest BCUT2D eigenvalue weighted by Gasteiger charge is -2.12. The molecule has 0 aromatic heterocycles. The van der Waals surface area contributed by atoms with Crippen LogP contribution in [0.15, 0.2) is 24.3 Å². The van der Waals surface area contributed by atoms with E-state index in [1.165, 1.54) is 12.1 Å². The maximum absolute atomic E-state index is 12.6. The topological polar surface area (TPSA) is 40.9 Å². The first-order valence-corrected chi connectivity index (χ1v) is 6.35. The normalized spacial score (nSPS) is 13.1. The number of nitriles is 1. The van der Waals surface area contributed by atoms with Gasteiger partial charge in [0.15, 0.2) is 5.78 Å². The third-order valence-electron chi connectivity index (χ3n) is 2.97. The van der Waals surface area contributed by atoms with E-state index in [0.717, 1.165) is 12.1 Å². The summed E-state index contributed by atoms with van der Waals surface area (Å²) in [5.41, 5.74) is -0.733.